The lowest BCUT2D eigenvalue weighted by Crippen LogP contribution is -2.25. The summed E-state index contributed by atoms with van der Waals surface area (Å²) in [6.07, 6.45) is 4.08. The zero-order valence-electron chi connectivity index (χ0n) is 10.3. The maximum atomic E-state index is 12.0. The number of aryl methyl sites for hydroxylation is 2. The number of ketones is 1. The molecule has 0 atom stereocenters. The number of Topliss-reactive ketones (excluding diaryl/α,β-unsaturated/α-hetero) is 1. The molecule has 0 N–H and O–H groups in total. The first-order valence-corrected chi connectivity index (χ1v) is 6.57. The van der Waals surface area contributed by atoms with Gasteiger partial charge in [-0.15, -0.1) is 11.3 Å². The third-order valence-electron chi connectivity index (χ3n) is 2.58. The number of hydrogen-bond acceptors (Lipinski definition) is 4. The van der Waals surface area contributed by atoms with Gasteiger partial charge >= 0.3 is 5.69 Å². The third-order valence-corrected chi connectivity index (χ3v) is 3.85. The Morgan fingerprint density at radius 2 is 2.22 bits per heavy atom. The molecule has 4 nitrogen and oxygen atoms in total. The smallest absolute Gasteiger partial charge is 0.291 e. The molecular weight excluding hydrogens is 248 g/mol. The van der Waals surface area contributed by atoms with Crippen molar-refractivity contribution in [3.8, 4) is 0 Å². The molecule has 0 unspecified atom stereocenters. The van der Waals surface area contributed by atoms with Crippen LogP contribution in [0.5, 0.6) is 0 Å². The molecule has 2 aromatic rings. The lowest BCUT2D eigenvalue weighted by molar-refractivity contribution is 0.0974. The zero-order chi connectivity index (χ0) is 13.1. The number of aromatic nitrogens is 2. The number of rotatable bonds is 4. The van der Waals surface area contributed by atoms with Crippen LogP contribution in [-0.4, -0.2) is 15.3 Å². The molecule has 0 saturated heterocycles. The Hall–Kier alpha value is -1.75. The van der Waals surface area contributed by atoms with Gasteiger partial charge in [0.05, 0.1) is 11.4 Å². The number of nitrogens with zero attached hydrogens (tertiary/aromatic N) is 2. The molecule has 2 heterocycles. The fraction of sp³-hybridized carbons (Fsp3) is 0.308. The summed E-state index contributed by atoms with van der Waals surface area (Å²) < 4.78 is 1.35. The average Bonchev–Trinajstić information content (AvgIpc) is 2.82. The van der Waals surface area contributed by atoms with Crippen molar-refractivity contribution in [1.82, 2.24) is 9.55 Å². The first kappa shape index (κ1) is 12.7. The number of carbonyl (C=O) groups is 1. The molecule has 0 amide bonds. The van der Waals surface area contributed by atoms with Crippen molar-refractivity contribution in [3.63, 3.8) is 0 Å². The van der Waals surface area contributed by atoms with Gasteiger partial charge in [-0.1, -0.05) is 6.92 Å². The van der Waals surface area contributed by atoms with Crippen LogP contribution in [0.1, 0.15) is 27.0 Å². The average molecular weight is 262 g/mol. The van der Waals surface area contributed by atoms with Crippen molar-refractivity contribution in [2.45, 2.75) is 26.8 Å². The zero-order valence-corrected chi connectivity index (χ0v) is 11.2. The molecule has 0 aliphatic rings. The fourth-order valence-corrected chi connectivity index (χ4v) is 2.51. The van der Waals surface area contributed by atoms with Gasteiger partial charge in [0, 0.05) is 17.3 Å². The van der Waals surface area contributed by atoms with E-state index in [0.717, 1.165) is 12.0 Å². The summed E-state index contributed by atoms with van der Waals surface area (Å²) in [5, 5.41) is 0. The summed E-state index contributed by atoms with van der Waals surface area (Å²) in [6, 6.07) is 3.77. The number of carbonyl (C=O) groups excluding carboxylic acids is 1. The van der Waals surface area contributed by atoms with Gasteiger partial charge in [0.1, 0.15) is 0 Å². The second kappa shape index (κ2) is 5.27. The van der Waals surface area contributed by atoms with Crippen LogP contribution in [0.4, 0.5) is 0 Å². The van der Waals surface area contributed by atoms with Crippen LogP contribution in [0.2, 0.25) is 0 Å². The van der Waals surface area contributed by atoms with Crippen molar-refractivity contribution < 1.29 is 4.79 Å². The van der Waals surface area contributed by atoms with Crippen LogP contribution < -0.4 is 5.69 Å². The normalized spacial score (nSPS) is 10.6. The molecule has 0 bridgehead atoms. The van der Waals surface area contributed by atoms with E-state index >= 15 is 0 Å². The Balaban J connectivity index is 2.21. The van der Waals surface area contributed by atoms with Crippen molar-refractivity contribution >= 4 is 17.1 Å². The van der Waals surface area contributed by atoms with Crippen LogP contribution in [0.3, 0.4) is 0 Å². The summed E-state index contributed by atoms with van der Waals surface area (Å²) in [4.78, 5) is 29.1. The monoisotopic (exact) mass is 262 g/mol. The van der Waals surface area contributed by atoms with Crippen molar-refractivity contribution in [2.75, 3.05) is 0 Å². The summed E-state index contributed by atoms with van der Waals surface area (Å²) >= 11 is 1.48. The van der Waals surface area contributed by atoms with Crippen molar-refractivity contribution in [1.29, 1.82) is 0 Å². The van der Waals surface area contributed by atoms with Crippen LogP contribution in [0.15, 0.2) is 29.3 Å². The van der Waals surface area contributed by atoms with Gasteiger partial charge in [0.15, 0.2) is 5.78 Å². The lowest BCUT2D eigenvalue weighted by Gasteiger charge is -2.03. The summed E-state index contributed by atoms with van der Waals surface area (Å²) in [6.45, 7) is 3.94. The third kappa shape index (κ3) is 2.73. The van der Waals surface area contributed by atoms with E-state index in [1.807, 2.05) is 19.1 Å². The second-order valence-electron chi connectivity index (χ2n) is 4.08. The van der Waals surface area contributed by atoms with E-state index in [4.69, 9.17) is 0 Å². The van der Waals surface area contributed by atoms with Crippen molar-refractivity contribution in [3.05, 3.63) is 50.3 Å². The Labute approximate surface area is 109 Å². The van der Waals surface area contributed by atoms with E-state index in [1.165, 1.54) is 27.0 Å². The molecule has 2 aromatic heterocycles. The maximum Gasteiger partial charge on any atom is 0.347 e. The highest BCUT2D eigenvalue weighted by atomic mass is 32.1. The van der Waals surface area contributed by atoms with Gasteiger partial charge in [-0.3, -0.25) is 9.36 Å². The molecule has 0 spiro atoms. The minimum atomic E-state index is -0.388. The summed E-state index contributed by atoms with van der Waals surface area (Å²) in [7, 11) is 0. The molecule has 0 aliphatic carbocycles. The van der Waals surface area contributed by atoms with Gasteiger partial charge in [-0.05, 0) is 31.0 Å². The van der Waals surface area contributed by atoms with Crippen molar-refractivity contribution in [2.24, 2.45) is 0 Å². The van der Waals surface area contributed by atoms with Gasteiger partial charge in [0.2, 0.25) is 0 Å². The highest BCUT2D eigenvalue weighted by molar-refractivity contribution is 7.14. The lowest BCUT2D eigenvalue weighted by atomic mass is 10.3. The Morgan fingerprint density at radius 3 is 2.89 bits per heavy atom. The molecule has 0 aliphatic heterocycles. The molecule has 18 heavy (non-hydrogen) atoms. The van der Waals surface area contributed by atoms with Crippen LogP contribution >= 0.6 is 11.3 Å². The SMILES string of the molecule is CCc1ccc(C(=O)Cn2cc(C)cnc2=O)s1. The molecule has 0 aromatic carbocycles. The highest BCUT2D eigenvalue weighted by Gasteiger charge is 2.10. The minimum absolute atomic E-state index is 0.0470. The Bertz CT molecular complexity index is 628. The van der Waals surface area contributed by atoms with E-state index in [9.17, 15) is 9.59 Å². The Morgan fingerprint density at radius 1 is 1.44 bits per heavy atom. The largest absolute Gasteiger partial charge is 0.347 e. The fourth-order valence-electron chi connectivity index (χ4n) is 1.63. The van der Waals surface area contributed by atoms with E-state index in [0.29, 0.717) is 4.88 Å². The quantitative estimate of drug-likeness (QED) is 0.792. The molecule has 94 valence electrons. The molecule has 2 rings (SSSR count). The molecular formula is C13H14N2O2S. The van der Waals surface area contributed by atoms with Crippen LogP contribution in [-0.2, 0) is 13.0 Å². The molecule has 0 saturated carbocycles. The van der Waals surface area contributed by atoms with E-state index in [2.05, 4.69) is 11.9 Å². The topological polar surface area (TPSA) is 52.0 Å². The molecule has 0 fully saturated rings. The predicted molar refractivity (Wildman–Crippen MR) is 71.3 cm³/mol. The second-order valence-corrected chi connectivity index (χ2v) is 5.25. The summed E-state index contributed by atoms with van der Waals surface area (Å²) in [5.74, 6) is -0.0470. The van der Waals surface area contributed by atoms with Gasteiger partial charge in [-0.25, -0.2) is 9.78 Å². The minimum Gasteiger partial charge on any atom is -0.291 e. The molecule has 0 radical (unpaired) electrons. The van der Waals surface area contributed by atoms with E-state index in [-0.39, 0.29) is 18.0 Å². The van der Waals surface area contributed by atoms with Gasteiger partial charge in [-0.2, -0.15) is 0 Å². The van der Waals surface area contributed by atoms with E-state index < -0.39 is 0 Å². The van der Waals surface area contributed by atoms with E-state index in [1.54, 1.807) is 6.20 Å². The number of hydrogen-bond donors (Lipinski definition) is 0. The van der Waals surface area contributed by atoms with Crippen LogP contribution in [0.25, 0.3) is 0 Å². The molecule has 5 heteroatoms. The number of thiophene rings is 1. The standard InChI is InChI=1S/C13H14N2O2S/c1-3-10-4-5-12(18-10)11(16)8-15-7-9(2)6-14-13(15)17/h4-7H,3,8H2,1-2H3. The predicted octanol–water partition coefficient (Wildman–Crippen LogP) is 2.06. The van der Waals surface area contributed by atoms with Gasteiger partial charge < -0.3 is 0 Å². The Kier molecular flexibility index (Phi) is 3.72. The summed E-state index contributed by atoms with van der Waals surface area (Å²) in [5.41, 5.74) is 0.476. The first-order valence-electron chi connectivity index (χ1n) is 5.75. The highest BCUT2D eigenvalue weighted by Crippen LogP contribution is 2.17. The maximum absolute atomic E-state index is 12.0. The first-order chi connectivity index (χ1) is 8.60. The van der Waals surface area contributed by atoms with Gasteiger partial charge in [0.25, 0.3) is 0 Å². The van der Waals surface area contributed by atoms with Crippen LogP contribution in [0, 0.1) is 6.92 Å².